The zero-order chi connectivity index (χ0) is 15.1. The molecule has 1 aliphatic carbocycles. The largest absolute Gasteiger partial charge is 0.338 e. The molecule has 21 heavy (non-hydrogen) atoms. The smallest absolute Gasteiger partial charge is 0.244 e. The summed E-state index contributed by atoms with van der Waals surface area (Å²) in [4.78, 5) is 4.76. The lowest BCUT2D eigenvalue weighted by Gasteiger charge is -2.37. The molecular formula is C17H29N3O. The summed E-state index contributed by atoms with van der Waals surface area (Å²) in [7, 11) is 0. The van der Waals surface area contributed by atoms with Gasteiger partial charge in [0.25, 0.3) is 0 Å². The van der Waals surface area contributed by atoms with Crippen molar-refractivity contribution in [3.05, 3.63) is 11.7 Å². The molecule has 3 rings (SSSR count). The molecule has 1 saturated carbocycles. The molecule has 1 saturated heterocycles. The molecular weight excluding hydrogens is 262 g/mol. The SMILES string of the molecule is CC1(C)CCC(c2noc(C3NCCCC3(C)C)n2)CC1. The quantitative estimate of drug-likeness (QED) is 0.887. The molecule has 1 aromatic heterocycles. The van der Waals surface area contributed by atoms with Crippen LogP contribution in [0, 0.1) is 10.8 Å². The van der Waals surface area contributed by atoms with Gasteiger partial charge in [0.05, 0.1) is 6.04 Å². The molecule has 0 bridgehead atoms. The number of nitrogens with zero attached hydrogens (tertiary/aromatic N) is 2. The first-order chi connectivity index (χ1) is 9.87. The van der Waals surface area contributed by atoms with Crippen molar-refractivity contribution in [3.8, 4) is 0 Å². The minimum absolute atomic E-state index is 0.191. The highest BCUT2D eigenvalue weighted by atomic mass is 16.5. The molecule has 4 heteroatoms. The van der Waals surface area contributed by atoms with E-state index in [4.69, 9.17) is 9.51 Å². The number of hydrogen-bond donors (Lipinski definition) is 1. The fourth-order valence-electron chi connectivity index (χ4n) is 3.82. The molecule has 1 aliphatic heterocycles. The summed E-state index contributed by atoms with van der Waals surface area (Å²) in [6.45, 7) is 10.3. The van der Waals surface area contributed by atoms with Gasteiger partial charge in [0.1, 0.15) is 0 Å². The predicted molar refractivity (Wildman–Crippen MR) is 83.0 cm³/mol. The molecule has 0 amide bonds. The number of nitrogens with one attached hydrogen (secondary N) is 1. The summed E-state index contributed by atoms with van der Waals surface area (Å²) in [6, 6.07) is 0.201. The van der Waals surface area contributed by atoms with E-state index in [0.717, 1.165) is 18.3 Å². The fraction of sp³-hybridized carbons (Fsp3) is 0.882. The Morgan fingerprint density at radius 3 is 2.48 bits per heavy atom. The minimum Gasteiger partial charge on any atom is -0.338 e. The molecule has 0 radical (unpaired) electrons. The second kappa shape index (κ2) is 5.38. The van der Waals surface area contributed by atoms with Crippen LogP contribution in [0.15, 0.2) is 4.52 Å². The molecule has 1 atom stereocenters. The van der Waals surface area contributed by atoms with E-state index in [1.54, 1.807) is 0 Å². The van der Waals surface area contributed by atoms with E-state index in [-0.39, 0.29) is 11.5 Å². The Morgan fingerprint density at radius 2 is 1.81 bits per heavy atom. The first-order valence-electron chi connectivity index (χ1n) is 8.44. The van der Waals surface area contributed by atoms with Crippen molar-refractivity contribution in [2.75, 3.05) is 6.54 Å². The lowest BCUT2D eigenvalue weighted by molar-refractivity contribution is 0.146. The van der Waals surface area contributed by atoms with Gasteiger partial charge < -0.3 is 9.84 Å². The maximum absolute atomic E-state index is 5.62. The summed E-state index contributed by atoms with van der Waals surface area (Å²) in [5, 5.41) is 7.86. The van der Waals surface area contributed by atoms with Gasteiger partial charge in [0, 0.05) is 5.92 Å². The Balaban J connectivity index is 1.72. The third-order valence-electron chi connectivity index (χ3n) is 5.54. The molecule has 0 aromatic carbocycles. The van der Waals surface area contributed by atoms with Crippen LogP contribution in [0.25, 0.3) is 0 Å². The van der Waals surface area contributed by atoms with E-state index in [9.17, 15) is 0 Å². The van der Waals surface area contributed by atoms with E-state index in [1.165, 1.54) is 38.5 Å². The van der Waals surface area contributed by atoms with Gasteiger partial charge in [-0.15, -0.1) is 0 Å². The number of rotatable bonds is 2. The lowest BCUT2D eigenvalue weighted by Crippen LogP contribution is -2.39. The summed E-state index contributed by atoms with van der Waals surface area (Å²) in [6.07, 6.45) is 7.33. The standard InChI is InChI=1S/C17H29N3O/c1-16(2)9-6-12(7-10-16)14-19-15(21-20-14)13-17(3,4)8-5-11-18-13/h12-13,18H,5-11H2,1-4H3. The minimum atomic E-state index is 0.191. The van der Waals surface area contributed by atoms with Crippen LogP contribution in [0.1, 0.15) is 89.9 Å². The van der Waals surface area contributed by atoms with Crippen molar-refractivity contribution in [2.45, 2.75) is 78.2 Å². The van der Waals surface area contributed by atoms with Gasteiger partial charge in [-0.2, -0.15) is 4.98 Å². The first-order valence-corrected chi connectivity index (χ1v) is 8.44. The molecule has 0 spiro atoms. The number of piperidine rings is 1. The van der Waals surface area contributed by atoms with Crippen molar-refractivity contribution in [3.63, 3.8) is 0 Å². The van der Waals surface area contributed by atoms with E-state index in [1.807, 2.05) is 0 Å². The molecule has 4 nitrogen and oxygen atoms in total. The van der Waals surface area contributed by atoms with E-state index in [0.29, 0.717) is 11.3 Å². The van der Waals surface area contributed by atoms with Gasteiger partial charge in [-0.05, 0) is 55.9 Å². The molecule has 2 fully saturated rings. The zero-order valence-electron chi connectivity index (χ0n) is 13.9. The van der Waals surface area contributed by atoms with Crippen molar-refractivity contribution in [2.24, 2.45) is 10.8 Å². The Labute approximate surface area is 128 Å². The Kier molecular flexibility index (Phi) is 3.85. The highest BCUT2D eigenvalue weighted by Crippen LogP contribution is 2.43. The summed E-state index contributed by atoms with van der Waals surface area (Å²) < 4.78 is 5.62. The molecule has 118 valence electrons. The van der Waals surface area contributed by atoms with Gasteiger partial charge in [-0.3, -0.25) is 0 Å². The molecule has 2 aliphatic rings. The van der Waals surface area contributed by atoms with Crippen molar-refractivity contribution >= 4 is 0 Å². The topological polar surface area (TPSA) is 51.0 Å². The average Bonchev–Trinajstić information content (AvgIpc) is 2.87. The maximum atomic E-state index is 5.62. The Bertz CT molecular complexity index is 482. The summed E-state index contributed by atoms with van der Waals surface area (Å²) in [5.41, 5.74) is 0.673. The van der Waals surface area contributed by atoms with Crippen LogP contribution < -0.4 is 5.32 Å². The Hall–Kier alpha value is -0.900. The van der Waals surface area contributed by atoms with Crippen LogP contribution in [-0.4, -0.2) is 16.7 Å². The van der Waals surface area contributed by atoms with Crippen molar-refractivity contribution in [1.82, 2.24) is 15.5 Å². The second-order valence-corrected chi connectivity index (χ2v) is 8.41. The van der Waals surface area contributed by atoms with Gasteiger partial charge in [0.2, 0.25) is 5.89 Å². The monoisotopic (exact) mass is 291 g/mol. The van der Waals surface area contributed by atoms with Gasteiger partial charge in [0.15, 0.2) is 5.82 Å². The van der Waals surface area contributed by atoms with Crippen LogP contribution in [0.2, 0.25) is 0 Å². The fourth-order valence-corrected chi connectivity index (χ4v) is 3.82. The van der Waals surface area contributed by atoms with Crippen molar-refractivity contribution < 1.29 is 4.52 Å². The Morgan fingerprint density at radius 1 is 1.10 bits per heavy atom. The van der Waals surface area contributed by atoms with E-state index >= 15 is 0 Å². The van der Waals surface area contributed by atoms with Crippen LogP contribution in [-0.2, 0) is 0 Å². The number of hydrogen-bond acceptors (Lipinski definition) is 4. The van der Waals surface area contributed by atoms with E-state index in [2.05, 4.69) is 38.2 Å². The van der Waals surface area contributed by atoms with Crippen LogP contribution in [0.3, 0.4) is 0 Å². The highest BCUT2D eigenvalue weighted by molar-refractivity contribution is 5.05. The van der Waals surface area contributed by atoms with Crippen LogP contribution in [0.4, 0.5) is 0 Å². The molecule has 1 aromatic rings. The molecule has 1 N–H and O–H groups in total. The second-order valence-electron chi connectivity index (χ2n) is 8.41. The van der Waals surface area contributed by atoms with Crippen LogP contribution >= 0.6 is 0 Å². The average molecular weight is 291 g/mol. The first kappa shape index (κ1) is 15.0. The van der Waals surface area contributed by atoms with Crippen LogP contribution in [0.5, 0.6) is 0 Å². The predicted octanol–water partition coefficient (Wildman–Crippen LogP) is 4.20. The van der Waals surface area contributed by atoms with E-state index < -0.39 is 0 Å². The third kappa shape index (κ3) is 3.15. The lowest BCUT2D eigenvalue weighted by atomic mass is 9.73. The van der Waals surface area contributed by atoms with Gasteiger partial charge in [-0.25, -0.2) is 0 Å². The zero-order valence-corrected chi connectivity index (χ0v) is 13.9. The van der Waals surface area contributed by atoms with Gasteiger partial charge in [-0.1, -0.05) is 32.9 Å². The highest BCUT2D eigenvalue weighted by Gasteiger charge is 2.38. The maximum Gasteiger partial charge on any atom is 0.244 e. The molecule has 1 unspecified atom stereocenters. The summed E-state index contributed by atoms with van der Waals surface area (Å²) >= 11 is 0. The van der Waals surface area contributed by atoms with Gasteiger partial charge >= 0.3 is 0 Å². The molecule has 2 heterocycles. The normalized spacial score (nSPS) is 29.4. The number of aromatic nitrogens is 2. The third-order valence-corrected chi connectivity index (χ3v) is 5.54. The summed E-state index contributed by atoms with van der Waals surface area (Å²) in [5.74, 6) is 2.21. The van der Waals surface area contributed by atoms with Crippen molar-refractivity contribution in [1.29, 1.82) is 0 Å².